The average molecular weight is 274 g/mol. The Bertz CT molecular complexity index is 655. The van der Waals surface area contributed by atoms with Crippen LogP contribution in [-0.2, 0) is 16.1 Å². The van der Waals surface area contributed by atoms with Crippen LogP contribution >= 0.6 is 0 Å². The second-order valence-electron chi connectivity index (χ2n) is 4.62. The van der Waals surface area contributed by atoms with E-state index in [-0.39, 0.29) is 23.9 Å². The molecule has 0 spiro atoms. The SMILES string of the molecule is O=C1CC(N2C=Nc3ccc([N+](=O)[O-])cc3C2)C(=O)N1. The molecule has 0 aromatic heterocycles. The molecule has 1 aromatic carbocycles. The quantitative estimate of drug-likeness (QED) is 0.480. The van der Waals surface area contributed by atoms with Crippen LogP contribution in [0.4, 0.5) is 11.4 Å². The number of nitrogens with zero attached hydrogens (tertiary/aromatic N) is 3. The third-order valence-corrected chi connectivity index (χ3v) is 3.32. The summed E-state index contributed by atoms with van der Waals surface area (Å²) in [5, 5.41) is 13.0. The average Bonchev–Trinajstić information content (AvgIpc) is 2.76. The van der Waals surface area contributed by atoms with Gasteiger partial charge in [0.25, 0.3) is 5.69 Å². The lowest BCUT2D eigenvalue weighted by Gasteiger charge is -2.27. The molecule has 1 atom stereocenters. The molecule has 0 saturated carbocycles. The maximum Gasteiger partial charge on any atom is 0.269 e. The van der Waals surface area contributed by atoms with Crippen molar-refractivity contribution in [3.05, 3.63) is 33.9 Å². The van der Waals surface area contributed by atoms with Crippen LogP contribution in [0, 0.1) is 10.1 Å². The van der Waals surface area contributed by atoms with E-state index in [9.17, 15) is 19.7 Å². The second kappa shape index (κ2) is 4.41. The van der Waals surface area contributed by atoms with E-state index in [0.717, 1.165) is 0 Å². The largest absolute Gasteiger partial charge is 0.346 e. The van der Waals surface area contributed by atoms with Crippen molar-refractivity contribution in [2.24, 2.45) is 4.99 Å². The number of hydrogen-bond donors (Lipinski definition) is 1. The third kappa shape index (κ3) is 2.00. The van der Waals surface area contributed by atoms with Gasteiger partial charge >= 0.3 is 0 Å². The number of carbonyl (C=O) groups excluding carboxylic acids is 2. The van der Waals surface area contributed by atoms with Gasteiger partial charge in [-0.05, 0) is 6.07 Å². The smallest absolute Gasteiger partial charge is 0.269 e. The first kappa shape index (κ1) is 12.3. The number of fused-ring (bicyclic) bond motifs is 1. The zero-order chi connectivity index (χ0) is 14.3. The Morgan fingerprint density at radius 3 is 2.85 bits per heavy atom. The van der Waals surface area contributed by atoms with E-state index in [2.05, 4.69) is 10.3 Å². The summed E-state index contributed by atoms with van der Waals surface area (Å²) in [6.07, 6.45) is 1.58. The van der Waals surface area contributed by atoms with E-state index < -0.39 is 11.0 Å². The molecule has 102 valence electrons. The van der Waals surface area contributed by atoms with Crippen molar-refractivity contribution in [3.8, 4) is 0 Å². The molecule has 1 fully saturated rings. The van der Waals surface area contributed by atoms with Gasteiger partial charge in [-0.2, -0.15) is 0 Å². The molecule has 2 aliphatic heterocycles. The lowest BCUT2D eigenvalue weighted by molar-refractivity contribution is -0.384. The lowest BCUT2D eigenvalue weighted by Crippen LogP contribution is -2.40. The zero-order valence-electron chi connectivity index (χ0n) is 10.3. The number of nitrogens with one attached hydrogen (secondary N) is 1. The van der Waals surface area contributed by atoms with Gasteiger partial charge < -0.3 is 4.90 Å². The van der Waals surface area contributed by atoms with Crippen molar-refractivity contribution in [2.75, 3.05) is 0 Å². The van der Waals surface area contributed by atoms with Gasteiger partial charge in [0, 0.05) is 24.2 Å². The number of carbonyl (C=O) groups is 2. The molecule has 2 heterocycles. The monoisotopic (exact) mass is 274 g/mol. The van der Waals surface area contributed by atoms with Crippen LogP contribution in [0.5, 0.6) is 0 Å². The molecule has 3 rings (SSSR count). The highest BCUT2D eigenvalue weighted by molar-refractivity contribution is 6.06. The van der Waals surface area contributed by atoms with Crippen LogP contribution in [0.25, 0.3) is 0 Å². The standard InChI is InChI=1S/C12H10N4O4/c17-11-4-10(12(18)14-11)15-5-7-3-8(16(19)20)1-2-9(7)13-6-15/h1-3,6,10H,4-5H2,(H,14,17,18). The molecule has 1 N–H and O–H groups in total. The molecule has 8 nitrogen and oxygen atoms in total. The second-order valence-corrected chi connectivity index (χ2v) is 4.62. The molecule has 1 aromatic rings. The van der Waals surface area contributed by atoms with Crippen LogP contribution in [0.15, 0.2) is 23.2 Å². The minimum atomic E-state index is -0.598. The Kier molecular flexibility index (Phi) is 2.70. The van der Waals surface area contributed by atoms with Crippen molar-refractivity contribution < 1.29 is 14.5 Å². The normalized spacial score (nSPS) is 20.8. The summed E-state index contributed by atoms with van der Waals surface area (Å²) in [5.74, 6) is -0.687. The van der Waals surface area contributed by atoms with Crippen molar-refractivity contribution >= 4 is 29.5 Å². The molecule has 1 saturated heterocycles. The summed E-state index contributed by atoms with van der Waals surface area (Å²) in [4.78, 5) is 38.9. The molecular formula is C12H10N4O4. The summed E-state index contributed by atoms with van der Waals surface area (Å²) in [5.41, 5.74) is 1.28. The first-order chi connectivity index (χ1) is 9.54. The van der Waals surface area contributed by atoms with E-state index >= 15 is 0 Å². The highest BCUT2D eigenvalue weighted by atomic mass is 16.6. The molecule has 20 heavy (non-hydrogen) atoms. The van der Waals surface area contributed by atoms with Crippen molar-refractivity contribution in [2.45, 2.75) is 19.0 Å². The predicted octanol–water partition coefficient (Wildman–Crippen LogP) is 0.485. The van der Waals surface area contributed by atoms with Crippen LogP contribution in [0.2, 0.25) is 0 Å². The molecule has 0 aliphatic carbocycles. The maximum absolute atomic E-state index is 11.6. The van der Waals surface area contributed by atoms with Crippen molar-refractivity contribution in [1.29, 1.82) is 0 Å². The van der Waals surface area contributed by atoms with Crippen molar-refractivity contribution in [1.82, 2.24) is 10.2 Å². The highest BCUT2D eigenvalue weighted by Gasteiger charge is 2.35. The summed E-state index contributed by atoms with van der Waals surface area (Å²) in [6, 6.07) is 3.80. The van der Waals surface area contributed by atoms with Crippen LogP contribution in [0.1, 0.15) is 12.0 Å². The summed E-state index contributed by atoms with van der Waals surface area (Å²) in [6.45, 7) is 0.311. The van der Waals surface area contributed by atoms with Crippen LogP contribution in [-0.4, -0.2) is 34.0 Å². The molecule has 0 radical (unpaired) electrons. The van der Waals surface area contributed by atoms with Crippen molar-refractivity contribution in [3.63, 3.8) is 0 Å². The van der Waals surface area contributed by atoms with Gasteiger partial charge in [-0.25, -0.2) is 4.99 Å². The Morgan fingerprint density at radius 2 is 2.20 bits per heavy atom. The van der Waals surface area contributed by atoms with Gasteiger partial charge in [0.05, 0.1) is 23.4 Å². The topological polar surface area (TPSA) is 105 Å². The van der Waals surface area contributed by atoms with Crippen LogP contribution < -0.4 is 5.32 Å². The Morgan fingerprint density at radius 1 is 1.40 bits per heavy atom. The van der Waals surface area contributed by atoms with E-state index in [0.29, 0.717) is 17.8 Å². The molecule has 8 heteroatoms. The number of nitro benzene ring substituents is 1. The van der Waals surface area contributed by atoms with Gasteiger partial charge in [0.1, 0.15) is 6.04 Å². The number of amides is 2. The number of non-ortho nitro benzene ring substituents is 1. The number of benzene rings is 1. The minimum absolute atomic E-state index is 0.0206. The number of nitro groups is 1. The first-order valence-corrected chi connectivity index (χ1v) is 5.95. The van der Waals surface area contributed by atoms with Gasteiger partial charge in [-0.3, -0.25) is 25.0 Å². The van der Waals surface area contributed by atoms with Gasteiger partial charge in [-0.1, -0.05) is 0 Å². The van der Waals surface area contributed by atoms with Gasteiger partial charge in [-0.15, -0.1) is 0 Å². The van der Waals surface area contributed by atoms with Gasteiger partial charge in [0.15, 0.2) is 0 Å². The summed E-state index contributed by atoms with van der Waals surface area (Å²) < 4.78 is 0. The third-order valence-electron chi connectivity index (χ3n) is 3.32. The lowest BCUT2D eigenvalue weighted by atomic mass is 10.1. The zero-order valence-corrected chi connectivity index (χ0v) is 10.3. The fourth-order valence-electron chi connectivity index (χ4n) is 2.31. The number of rotatable bonds is 2. The molecule has 2 aliphatic rings. The van der Waals surface area contributed by atoms with Gasteiger partial charge in [0.2, 0.25) is 11.8 Å². The Labute approximate surface area is 113 Å². The molecular weight excluding hydrogens is 264 g/mol. The highest BCUT2D eigenvalue weighted by Crippen LogP contribution is 2.29. The number of hydrogen-bond acceptors (Lipinski definition) is 6. The van der Waals surface area contributed by atoms with E-state index in [1.807, 2.05) is 0 Å². The first-order valence-electron chi connectivity index (χ1n) is 5.95. The fraction of sp³-hybridized carbons (Fsp3) is 0.250. The molecule has 0 bridgehead atoms. The number of aliphatic imine (C=N–C) groups is 1. The Balaban J connectivity index is 1.88. The predicted molar refractivity (Wildman–Crippen MR) is 68.3 cm³/mol. The van der Waals surface area contributed by atoms with E-state index in [4.69, 9.17) is 0 Å². The molecule has 1 unspecified atom stereocenters. The fourth-order valence-corrected chi connectivity index (χ4v) is 2.31. The van der Waals surface area contributed by atoms with Crippen LogP contribution in [0.3, 0.4) is 0 Å². The Hall–Kier alpha value is -2.77. The van der Waals surface area contributed by atoms with E-state index in [1.54, 1.807) is 11.0 Å². The molecule has 2 amide bonds. The summed E-state index contributed by atoms with van der Waals surface area (Å²) in [7, 11) is 0. The maximum atomic E-state index is 11.6. The number of imide groups is 1. The minimum Gasteiger partial charge on any atom is -0.346 e. The summed E-state index contributed by atoms with van der Waals surface area (Å²) >= 11 is 0. The van der Waals surface area contributed by atoms with E-state index in [1.165, 1.54) is 18.5 Å².